The maximum Gasteiger partial charge on any atom is 0.0587 e. The number of nitriles is 1. The van der Waals surface area contributed by atoms with Crippen LogP contribution in [0.4, 0.5) is 0 Å². The van der Waals surface area contributed by atoms with Crippen molar-refractivity contribution in [1.29, 1.82) is 5.26 Å². The van der Waals surface area contributed by atoms with Gasteiger partial charge in [-0.2, -0.15) is 5.26 Å². The lowest BCUT2D eigenvalue weighted by Gasteiger charge is -1.84. The van der Waals surface area contributed by atoms with Crippen LogP contribution in [-0.4, -0.2) is 13.6 Å². The summed E-state index contributed by atoms with van der Waals surface area (Å²) in [6.07, 6.45) is 1.23. The third-order valence-electron chi connectivity index (χ3n) is 0.500. The van der Waals surface area contributed by atoms with Crippen LogP contribution in [0.2, 0.25) is 0 Å². The number of nitrogens with zero attached hydrogens (tertiary/aromatic N) is 1. The van der Waals surface area contributed by atoms with Crippen LogP contribution in [0.3, 0.4) is 0 Å². The van der Waals surface area contributed by atoms with Gasteiger partial charge in [0.05, 0.1) is 6.07 Å². The van der Waals surface area contributed by atoms with Gasteiger partial charge >= 0.3 is 0 Å². The monoisotopic (exact) mass is 144 g/mol. The Kier molecular flexibility index (Phi) is 63.9. The molecule has 0 aliphatic rings. The summed E-state index contributed by atoms with van der Waals surface area (Å²) in [5.41, 5.74) is 0. The molecule has 0 aliphatic carbocycles. The van der Waals surface area contributed by atoms with Crippen LogP contribution >= 0.6 is 0 Å². The minimum absolute atomic E-state index is 1.14. The molecular formula is C8H20N2. The summed E-state index contributed by atoms with van der Waals surface area (Å²) in [5.74, 6) is 0. The molecule has 0 fully saturated rings. The van der Waals surface area contributed by atoms with Crippen molar-refractivity contribution in [1.82, 2.24) is 5.32 Å². The number of rotatable bonds is 2. The van der Waals surface area contributed by atoms with Gasteiger partial charge in [0.2, 0.25) is 0 Å². The van der Waals surface area contributed by atoms with Crippen molar-refractivity contribution >= 4 is 0 Å². The average molecular weight is 144 g/mol. The van der Waals surface area contributed by atoms with Gasteiger partial charge in [-0.1, -0.05) is 20.8 Å². The molecule has 0 radical (unpaired) electrons. The van der Waals surface area contributed by atoms with E-state index >= 15 is 0 Å². The van der Waals surface area contributed by atoms with Crippen molar-refractivity contribution in [2.24, 2.45) is 0 Å². The van der Waals surface area contributed by atoms with Crippen molar-refractivity contribution in [3.05, 3.63) is 0 Å². The molecule has 0 spiro atoms. The van der Waals surface area contributed by atoms with Crippen LogP contribution in [0.5, 0.6) is 0 Å². The van der Waals surface area contributed by atoms with Gasteiger partial charge < -0.3 is 5.32 Å². The Morgan fingerprint density at radius 3 is 1.70 bits per heavy atom. The second kappa shape index (κ2) is 39.4. The quantitative estimate of drug-likeness (QED) is 0.644. The highest BCUT2D eigenvalue weighted by molar-refractivity contribution is 4.51. The van der Waals surface area contributed by atoms with Gasteiger partial charge in [-0.15, -0.1) is 0 Å². The minimum atomic E-state index is 1.14. The first-order valence-electron chi connectivity index (χ1n) is 3.78. The lowest BCUT2D eigenvalue weighted by molar-refractivity contribution is 0.772. The Morgan fingerprint density at radius 2 is 1.70 bits per heavy atom. The van der Waals surface area contributed by atoms with Crippen molar-refractivity contribution in [2.75, 3.05) is 13.6 Å². The Balaban J connectivity index is -0.0000000847. The van der Waals surface area contributed by atoms with E-state index < -0.39 is 0 Å². The van der Waals surface area contributed by atoms with Gasteiger partial charge in [0.15, 0.2) is 0 Å². The maximum absolute atomic E-state index is 7.32. The summed E-state index contributed by atoms with van der Waals surface area (Å²) in [7, 11) is 1.96. The van der Waals surface area contributed by atoms with Gasteiger partial charge in [-0.3, -0.25) is 0 Å². The highest BCUT2D eigenvalue weighted by Gasteiger charge is 1.64. The zero-order chi connectivity index (χ0) is 8.83. The third-order valence-corrected chi connectivity index (χ3v) is 0.500. The SMILES string of the molecule is CC.CC#N.CCCNC. The molecule has 0 atom stereocenters. The number of nitrogens with one attached hydrogen (secondary N) is 1. The second-order valence-electron chi connectivity index (χ2n) is 1.33. The molecule has 0 saturated heterocycles. The van der Waals surface area contributed by atoms with E-state index in [9.17, 15) is 0 Å². The fraction of sp³-hybridized carbons (Fsp3) is 0.875. The van der Waals surface area contributed by atoms with E-state index in [1.165, 1.54) is 13.3 Å². The number of hydrogen-bond acceptors (Lipinski definition) is 2. The van der Waals surface area contributed by atoms with Crippen molar-refractivity contribution in [3.8, 4) is 6.07 Å². The van der Waals surface area contributed by atoms with Crippen LogP contribution < -0.4 is 5.32 Å². The van der Waals surface area contributed by atoms with Crippen molar-refractivity contribution in [2.45, 2.75) is 34.1 Å². The molecule has 0 aromatic carbocycles. The Morgan fingerprint density at radius 1 is 1.40 bits per heavy atom. The van der Waals surface area contributed by atoms with E-state index in [4.69, 9.17) is 5.26 Å². The van der Waals surface area contributed by atoms with E-state index in [0.29, 0.717) is 0 Å². The molecule has 0 unspecified atom stereocenters. The molecule has 2 nitrogen and oxygen atoms in total. The summed E-state index contributed by atoms with van der Waals surface area (Å²) < 4.78 is 0. The smallest absolute Gasteiger partial charge is 0.0587 e. The first-order valence-corrected chi connectivity index (χ1v) is 3.78. The van der Waals surface area contributed by atoms with Gasteiger partial charge in [0, 0.05) is 6.92 Å². The van der Waals surface area contributed by atoms with E-state index in [1.807, 2.05) is 20.9 Å². The van der Waals surface area contributed by atoms with E-state index in [1.54, 1.807) is 6.07 Å². The van der Waals surface area contributed by atoms with Crippen LogP contribution in [0.1, 0.15) is 34.1 Å². The molecule has 0 aliphatic heterocycles. The van der Waals surface area contributed by atoms with E-state index in [-0.39, 0.29) is 0 Å². The van der Waals surface area contributed by atoms with E-state index in [0.717, 1.165) is 6.54 Å². The standard InChI is InChI=1S/C4H11N.C2H3N.C2H6/c1-3-4-5-2;1-2-3;1-2/h5H,3-4H2,1-2H3;1H3;1-2H3. The van der Waals surface area contributed by atoms with Crippen molar-refractivity contribution < 1.29 is 0 Å². The molecule has 0 bridgehead atoms. The molecular weight excluding hydrogens is 124 g/mol. The highest BCUT2D eigenvalue weighted by Crippen LogP contribution is 1.62. The first-order chi connectivity index (χ1) is 4.83. The van der Waals surface area contributed by atoms with Crippen molar-refractivity contribution in [3.63, 3.8) is 0 Å². The zero-order valence-electron chi connectivity index (χ0n) is 7.86. The van der Waals surface area contributed by atoms with Gasteiger partial charge in [0.25, 0.3) is 0 Å². The summed E-state index contributed by atoms with van der Waals surface area (Å²) in [6.45, 7) is 8.72. The summed E-state index contributed by atoms with van der Waals surface area (Å²) in [6, 6.07) is 1.75. The van der Waals surface area contributed by atoms with Crippen LogP contribution in [-0.2, 0) is 0 Å². The molecule has 0 rings (SSSR count). The Labute approximate surface area is 65.2 Å². The van der Waals surface area contributed by atoms with Gasteiger partial charge in [-0.05, 0) is 20.0 Å². The molecule has 0 aromatic rings. The first kappa shape index (κ1) is 16.2. The third kappa shape index (κ3) is 147. The predicted molar refractivity (Wildman–Crippen MR) is 46.9 cm³/mol. The van der Waals surface area contributed by atoms with Crippen LogP contribution in [0.25, 0.3) is 0 Å². The molecule has 0 aromatic heterocycles. The fourth-order valence-corrected chi connectivity index (χ4v) is 0.250. The lowest BCUT2D eigenvalue weighted by Crippen LogP contribution is -2.04. The summed E-state index contributed by atoms with van der Waals surface area (Å²) in [5, 5.41) is 10.3. The molecule has 0 heterocycles. The largest absolute Gasteiger partial charge is 0.320 e. The zero-order valence-corrected chi connectivity index (χ0v) is 7.86. The Hall–Kier alpha value is -0.550. The molecule has 0 amide bonds. The molecule has 10 heavy (non-hydrogen) atoms. The fourth-order valence-electron chi connectivity index (χ4n) is 0.250. The van der Waals surface area contributed by atoms with Crippen LogP contribution in [0.15, 0.2) is 0 Å². The lowest BCUT2D eigenvalue weighted by atomic mass is 10.5. The average Bonchev–Trinajstić information content (AvgIpc) is 1.96. The van der Waals surface area contributed by atoms with E-state index in [2.05, 4.69) is 12.2 Å². The van der Waals surface area contributed by atoms with Crippen LogP contribution in [0, 0.1) is 11.3 Å². The second-order valence-corrected chi connectivity index (χ2v) is 1.33. The summed E-state index contributed by atoms with van der Waals surface area (Å²) in [4.78, 5) is 0. The molecule has 62 valence electrons. The molecule has 0 saturated carbocycles. The highest BCUT2D eigenvalue weighted by atomic mass is 14.8. The maximum atomic E-state index is 7.32. The molecule has 2 heteroatoms. The minimum Gasteiger partial charge on any atom is -0.320 e. The molecule has 1 N–H and O–H groups in total. The van der Waals surface area contributed by atoms with Gasteiger partial charge in [0.1, 0.15) is 0 Å². The topological polar surface area (TPSA) is 35.8 Å². The Bertz CT molecular complexity index is 52.8. The van der Waals surface area contributed by atoms with Gasteiger partial charge in [-0.25, -0.2) is 0 Å². The predicted octanol–water partition coefficient (Wildman–Crippen LogP) is 2.17. The number of hydrogen-bond donors (Lipinski definition) is 1. The summed E-state index contributed by atoms with van der Waals surface area (Å²) >= 11 is 0. The normalized spacial score (nSPS) is 5.60.